The van der Waals surface area contributed by atoms with Gasteiger partial charge >= 0.3 is 0 Å². The summed E-state index contributed by atoms with van der Waals surface area (Å²) < 4.78 is 31.2. The molecule has 0 aliphatic rings. The van der Waals surface area contributed by atoms with Crippen molar-refractivity contribution < 1.29 is 13.5 Å². The fourth-order valence-corrected chi connectivity index (χ4v) is 1.18. The average molecular weight is 221 g/mol. The van der Waals surface area contributed by atoms with Gasteiger partial charge in [0.2, 0.25) is 5.88 Å². The van der Waals surface area contributed by atoms with Crippen molar-refractivity contribution in [3.05, 3.63) is 53.7 Å². The molecule has 1 aromatic heterocycles. The highest BCUT2D eigenvalue weighted by atomic mass is 19.1. The second-order valence-corrected chi connectivity index (χ2v) is 3.35. The van der Waals surface area contributed by atoms with Crippen LogP contribution in [0.1, 0.15) is 5.56 Å². The molecule has 1 aromatic carbocycles. The van der Waals surface area contributed by atoms with Crippen molar-refractivity contribution in [1.29, 1.82) is 0 Å². The lowest BCUT2D eigenvalue weighted by atomic mass is 10.3. The van der Waals surface area contributed by atoms with Crippen molar-refractivity contribution in [3.63, 3.8) is 0 Å². The predicted octanol–water partition coefficient (Wildman–Crippen LogP) is 3.46. The van der Waals surface area contributed by atoms with E-state index in [0.29, 0.717) is 0 Å². The molecule has 0 saturated heterocycles. The van der Waals surface area contributed by atoms with Crippen molar-refractivity contribution in [2.75, 3.05) is 0 Å². The highest BCUT2D eigenvalue weighted by Crippen LogP contribution is 2.23. The standard InChI is InChI=1S/C12H9F2NO/c1-8-2-5-12(15-7-8)16-11-6-9(13)3-4-10(11)14/h2-7H,1H3. The maximum absolute atomic E-state index is 13.2. The molecule has 0 aliphatic heterocycles. The number of halogens is 2. The van der Waals surface area contributed by atoms with Gasteiger partial charge in [-0.15, -0.1) is 0 Å². The van der Waals surface area contributed by atoms with Crippen LogP contribution in [0.4, 0.5) is 8.78 Å². The second-order valence-electron chi connectivity index (χ2n) is 3.35. The van der Waals surface area contributed by atoms with Gasteiger partial charge in [-0.2, -0.15) is 0 Å². The van der Waals surface area contributed by atoms with Crippen molar-refractivity contribution >= 4 is 0 Å². The van der Waals surface area contributed by atoms with Crippen LogP contribution in [-0.4, -0.2) is 4.98 Å². The largest absolute Gasteiger partial charge is 0.436 e. The maximum Gasteiger partial charge on any atom is 0.219 e. The zero-order valence-corrected chi connectivity index (χ0v) is 8.58. The minimum Gasteiger partial charge on any atom is -0.436 e. The summed E-state index contributed by atoms with van der Waals surface area (Å²) in [7, 11) is 0. The Morgan fingerprint density at radius 1 is 1.12 bits per heavy atom. The first-order valence-corrected chi connectivity index (χ1v) is 4.71. The van der Waals surface area contributed by atoms with Crippen molar-refractivity contribution in [2.24, 2.45) is 0 Å². The van der Waals surface area contributed by atoms with E-state index in [0.717, 1.165) is 23.8 Å². The van der Waals surface area contributed by atoms with Gasteiger partial charge in [-0.25, -0.2) is 13.8 Å². The van der Waals surface area contributed by atoms with Gasteiger partial charge in [0.1, 0.15) is 5.82 Å². The van der Waals surface area contributed by atoms with Gasteiger partial charge in [0.05, 0.1) is 0 Å². The summed E-state index contributed by atoms with van der Waals surface area (Å²) >= 11 is 0. The third kappa shape index (κ3) is 2.34. The van der Waals surface area contributed by atoms with Crippen molar-refractivity contribution in [1.82, 2.24) is 4.98 Å². The summed E-state index contributed by atoms with van der Waals surface area (Å²) in [5.74, 6) is -1.11. The van der Waals surface area contributed by atoms with Crippen LogP contribution >= 0.6 is 0 Å². The van der Waals surface area contributed by atoms with Gasteiger partial charge in [-0.05, 0) is 24.6 Å². The van der Waals surface area contributed by atoms with Crippen LogP contribution in [0.25, 0.3) is 0 Å². The van der Waals surface area contributed by atoms with Gasteiger partial charge < -0.3 is 4.74 Å². The first-order valence-electron chi connectivity index (χ1n) is 4.71. The average Bonchev–Trinajstić information content (AvgIpc) is 2.27. The Morgan fingerprint density at radius 2 is 1.94 bits per heavy atom. The molecule has 0 aliphatic carbocycles. The monoisotopic (exact) mass is 221 g/mol. The molecule has 2 aromatic rings. The Kier molecular flexibility index (Phi) is 2.81. The molecule has 2 rings (SSSR count). The van der Waals surface area contributed by atoms with Crippen LogP contribution < -0.4 is 4.74 Å². The summed E-state index contributed by atoms with van der Waals surface area (Å²) in [4.78, 5) is 3.93. The lowest BCUT2D eigenvalue weighted by Crippen LogP contribution is -1.91. The smallest absolute Gasteiger partial charge is 0.219 e. The number of aromatic nitrogens is 1. The van der Waals surface area contributed by atoms with Crippen LogP contribution in [0.5, 0.6) is 11.6 Å². The molecule has 0 fully saturated rings. The van der Waals surface area contributed by atoms with Gasteiger partial charge in [0.15, 0.2) is 11.6 Å². The van der Waals surface area contributed by atoms with E-state index in [1.54, 1.807) is 18.3 Å². The lowest BCUT2D eigenvalue weighted by molar-refractivity contribution is 0.422. The molecule has 0 N–H and O–H groups in total. The highest BCUT2D eigenvalue weighted by molar-refractivity contribution is 5.29. The third-order valence-electron chi connectivity index (χ3n) is 1.99. The van der Waals surface area contributed by atoms with Crippen LogP contribution in [0.15, 0.2) is 36.5 Å². The molecule has 82 valence electrons. The number of pyridine rings is 1. The van der Waals surface area contributed by atoms with E-state index in [2.05, 4.69) is 4.98 Å². The fraction of sp³-hybridized carbons (Fsp3) is 0.0833. The van der Waals surface area contributed by atoms with E-state index in [1.807, 2.05) is 6.92 Å². The van der Waals surface area contributed by atoms with Crippen molar-refractivity contribution in [3.8, 4) is 11.6 Å². The quantitative estimate of drug-likeness (QED) is 0.774. The molecular formula is C12H9F2NO. The molecule has 4 heteroatoms. The number of rotatable bonds is 2. The van der Waals surface area contributed by atoms with E-state index >= 15 is 0 Å². The van der Waals surface area contributed by atoms with Crippen LogP contribution in [-0.2, 0) is 0 Å². The summed E-state index contributed by atoms with van der Waals surface area (Å²) in [6.07, 6.45) is 1.59. The topological polar surface area (TPSA) is 22.1 Å². The predicted molar refractivity (Wildman–Crippen MR) is 55.4 cm³/mol. The number of ether oxygens (including phenoxy) is 1. The molecule has 0 unspecified atom stereocenters. The Balaban J connectivity index is 2.26. The number of hydrogen-bond acceptors (Lipinski definition) is 2. The first kappa shape index (κ1) is 10.5. The van der Waals surface area contributed by atoms with Gasteiger partial charge in [-0.3, -0.25) is 0 Å². The molecule has 0 atom stereocenters. The number of benzene rings is 1. The molecule has 1 heterocycles. The van der Waals surface area contributed by atoms with E-state index in [4.69, 9.17) is 4.74 Å². The minimum atomic E-state index is -0.622. The first-order chi connectivity index (χ1) is 7.65. The Bertz CT molecular complexity index is 497. The zero-order valence-electron chi connectivity index (χ0n) is 8.58. The van der Waals surface area contributed by atoms with E-state index in [9.17, 15) is 8.78 Å². The molecule has 0 saturated carbocycles. The molecule has 0 radical (unpaired) electrons. The second kappa shape index (κ2) is 4.26. The van der Waals surface area contributed by atoms with Crippen LogP contribution in [0.3, 0.4) is 0 Å². The van der Waals surface area contributed by atoms with E-state index in [-0.39, 0.29) is 11.6 Å². The number of aryl methyl sites for hydroxylation is 1. The van der Waals surface area contributed by atoms with E-state index < -0.39 is 11.6 Å². The maximum atomic E-state index is 13.2. The zero-order chi connectivity index (χ0) is 11.5. The minimum absolute atomic E-state index is 0.170. The molecule has 2 nitrogen and oxygen atoms in total. The van der Waals surface area contributed by atoms with E-state index in [1.165, 1.54) is 0 Å². The Morgan fingerprint density at radius 3 is 2.62 bits per heavy atom. The highest BCUT2D eigenvalue weighted by Gasteiger charge is 2.06. The summed E-state index contributed by atoms with van der Waals surface area (Å²) in [5.41, 5.74) is 0.965. The summed E-state index contributed by atoms with van der Waals surface area (Å²) in [6, 6.07) is 6.40. The van der Waals surface area contributed by atoms with Crippen LogP contribution in [0.2, 0.25) is 0 Å². The molecule has 16 heavy (non-hydrogen) atoms. The molecule has 0 amide bonds. The number of nitrogens with zero attached hydrogens (tertiary/aromatic N) is 1. The Hall–Kier alpha value is -1.97. The SMILES string of the molecule is Cc1ccc(Oc2cc(F)ccc2F)nc1. The fourth-order valence-electron chi connectivity index (χ4n) is 1.18. The summed E-state index contributed by atoms with van der Waals surface area (Å²) in [6.45, 7) is 1.87. The summed E-state index contributed by atoms with van der Waals surface area (Å²) in [5, 5.41) is 0. The number of hydrogen-bond donors (Lipinski definition) is 0. The van der Waals surface area contributed by atoms with Crippen molar-refractivity contribution in [2.45, 2.75) is 6.92 Å². The Labute approximate surface area is 91.5 Å². The lowest BCUT2D eigenvalue weighted by Gasteiger charge is -2.05. The molecule has 0 bridgehead atoms. The van der Waals surface area contributed by atoms with Crippen LogP contribution in [0, 0.1) is 18.6 Å². The molecular weight excluding hydrogens is 212 g/mol. The van der Waals surface area contributed by atoms with Gasteiger partial charge in [-0.1, -0.05) is 6.07 Å². The van der Waals surface area contributed by atoms with Gasteiger partial charge in [0.25, 0.3) is 0 Å². The molecule has 0 spiro atoms. The van der Waals surface area contributed by atoms with Gasteiger partial charge in [0, 0.05) is 18.3 Å². The third-order valence-corrected chi connectivity index (χ3v) is 1.99. The normalized spacial score (nSPS) is 10.2.